The molecule has 0 atom stereocenters. The highest BCUT2D eigenvalue weighted by molar-refractivity contribution is 7.26. The second kappa shape index (κ2) is 12.3. The first-order valence-corrected chi connectivity index (χ1v) is 16.9. The molecule has 0 aliphatic rings. The zero-order valence-corrected chi connectivity index (χ0v) is 27.0. The van der Waals surface area contributed by atoms with Crippen LogP contribution in [0.3, 0.4) is 0 Å². The standard InChI is InChI=1S/C43H27N5S/c1-5-15-28(16-6-1)35-27-36(29-17-7-2-8-18-29)45-43(44-35)34-25-32(26-38-39(34)33-23-13-14-24-37(33)49-38)42-47-40(30-19-9-3-10-20-30)46-41(48-42)31-21-11-4-12-22-31/h1-27H. The average Bonchev–Trinajstić information content (AvgIpc) is 3.57. The minimum Gasteiger partial charge on any atom is -0.228 e. The first-order chi connectivity index (χ1) is 24.3. The van der Waals surface area contributed by atoms with Gasteiger partial charge in [0.1, 0.15) is 0 Å². The molecule has 0 saturated carbocycles. The highest BCUT2D eigenvalue weighted by atomic mass is 32.1. The number of fused-ring (bicyclic) bond motifs is 3. The van der Waals surface area contributed by atoms with Crippen molar-refractivity contribution in [3.8, 4) is 68.1 Å². The number of nitrogens with zero attached hydrogens (tertiary/aromatic N) is 5. The Morgan fingerprint density at radius 2 is 0.776 bits per heavy atom. The van der Waals surface area contributed by atoms with Crippen LogP contribution in [0.2, 0.25) is 0 Å². The third kappa shape index (κ3) is 5.54. The van der Waals surface area contributed by atoms with Crippen LogP contribution in [-0.2, 0) is 0 Å². The molecule has 3 aromatic heterocycles. The van der Waals surface area contributed by atoms with Crippen molar-refractivity contribution in [2.75, 3.05) is 0 Å². The molecule has 0 radical (unpaired) electrons. The Morgan fingerprint density at radius 1 is 0.327 bits per heavy atom. The van der Waals surface area contributed by atoms with E-state index in [1.165, 1.54) is 10.1 Å². The largest absolute Gasteiger partial charge is 0.228 e. The summed E-state index contributed by atoms with van der Waals surface area (Å²) in [7, 11) is 0. The van der Waals surface area contributed by atoms with Crippen molar-refractivity contribution in [3.05, 3.63) is 164 Å². The molecule has 9 aromatic rings. The molecule has 0 N–H and O–H groups in total. The van der Waals surface area contributed by atoms with Gasteiger partial charge in [-0.05, 0) is 24.3 Å². The summed E-state index contributed by atoms with van der Waals surface area (Å²) in [5.41, 5.74) is 7.45. The summed E-state index contributed by atoms with van der Waals surface area (Å²) in [6, 6.07) is 55.7. The van der Waals surface area contributed by atoms with E-state index in [2.05, 4.69) is 66.7 Å². The fourth-order valence-electron chi connectivity index (χ4n) is 6.18. The van der Waals surface area contributed by atoms with E-state index in [4.69, 9.17) is 24.9 Å². The summed E-state index contributed by atoms with van der Waals surface area (Å²) in [4.78, 5) is 25.5. The zero-order chi connectivity index (χ0) is 32.6. The number of rotatable bonds is 6. The summed E-state index contributed by atoms with van der Waals surface area (Å²) >= 11 is 1.75. The van der Waals surface area contributed by atoms with E-state index < -0.39 is 0 Å². The number of benzene rings is 6. The van der Waals surface area contributed by atoms with E-state index in [0.29, 0.717) is 23.3 Å². The van der Waals surface area contributed by atoms with E-state index in [0.717, 1.165) is 54.9 Å². The molecule has 230 valence electrons. The fraction of sp³-hybridized carbons (Fsp3) is 0. The quantitative estimate of drug-likeness (QED) is 0.180. The van der Waals surface area contributed by atoms with Gasteiger partial charge in [0.15, 0.2) is 23.3 Å². The summed E-state index contributed by atoms with van der Waals surface area (Å²) in [5.74, 6) is 2.49. The number of thiophene rings is 1. The van der Waals surface area contributed by atoms with Crippen LogP contribution in [0.15, 0.2) is 164 Å². The Morgan fingerprint density at radius 3 is 1.31 bits per heavy atom. The lowest BCUT2D eigenvalue weighted by Crippen LogP contribution is -2.01. The fourth-order valence-corrected chi connectivity index (χ4v) is 7.35. The Labute approximate surface area is 287 Å². The normalized spacial score (nSPS) is 11.3. The number of aromatic nitrogens is 5. The lowest BCUT2D eigenvalue weighted by Gasteiger charge is -2.13. The minimum absolute atomic E-state index is 0.593. The molecule has 6 heteroatoms. The first kappa shape index (κ1) is 28.8. The third-order valence-electron chi connectivity index (χ3n) is 8.54. The Hall–Kier alpha value is -6.37. The molecule has 5 nitrogen and oxygen atoms in total. The van der Waals surface area contributed by atoms with E-state index in [9.17, 15) is 0 Å². The molecule has 0 saturated heterocycles. The van der Waals surface area contributed by atoms with Crippen LogP contribution >= 0.6 is 11.3 Å². The third-order valence-corrected chi connectivity index (χ3v) is 9.66. The van der Waals surface area contributed by atoms with Crippen LogP contribution in [0.1, 0.15) is 0 Å². The van der Waals surface area contributed by atoms with Crippen molar-refractivity contribution >= 4 is 31.5 Å². The van der Waals surface area contributed by atoms with Gasteiger partial charge in [-0.1, -0.05) is 140 Å². The zero-order valence-electron chi connectivity index (χ0n) is 26.2. The van der Waals surface area contributed by atoms with Crippen molar-refractivity contribution in [3.63, 3.8) is 0 Å². The number of hydrogen-bond donors (Lipinski definition) is 0. The van der Waals surface area contributed by atoms with Crippen LogP contribution in [-0.4, -0.2) is 24.9 Å². The number of hydrogen-bond acceptors (Lipinski definition) is 6. The summed E-state index contributed by atoms with van der Waals surface area (Å²) in [6.45, 7) is 0. The van der Waals surface area contributed by atoms with E-state index >= 15 is 0 Å². The van der Waals surface area contributed by atoms with Crippen LogP contribution in [0.4, 0.5) is 0 Å². The summed E-state index contributed by atoms with van der Waals surface area (Å²) in [5, 5.41) is 2.29. The summed E-state index contributed by atoms with van der Waals surface area (Å²) < 4.78 is 2.32. The van der Waals surface area contributed by atoms with Crippen LogP contribution < -0.4 is 0 Å². The predicted octanol–water partition coefficient (Wildman–Crippen LogP) is 11.0. The van der Waals surface area contributed by atoms with Crippen LogP contribution in [0, 0.1) is 0 Å². The van der Waals surface area contributed by atoms with Gasteiger partial charge in [-0.3, -0.25) is 0 Å². The molecule has 0 unspecified atom stereocenters. The highest BCUT2D eigenvalue weighted by Crippen LogP contribution is 2.42. The van der Waals surface area contributed by atoms with Gasteiger partial charge in [-0.25, -0.2) is 24.9 Å². The van der Waals surface area contributed by atoms with E-state index in [-0.39, 0.29) is 0 Å². The summed E-state index contributed by atoms with van der Waals surface area (Å²) in [6.07, 6.45) is 0. The van der Waals surface area contributed by atoms with Gasteiger partial charge in [0, 0.05) is 53.6 Å². The lowest BCUT2D eigenvalue weighted by atomic mass is 10.0. The van der Waals surface area contributed by atoms with Crippen LogP contribution in [0.25, 0.3) is 88.2 Å². The molecular weight excluding hydrogens is 619 g/mol. The minimum atomic E-state index is 0.593. The predicted molar refractivity (Wildman–Crippen MR) is 201 cm³/mol. The average molecular weight is 646 g/mol. The first-order valence-electron chi connectivity index (χ1n) is 16.1. The van der Waals surface area contributed by atoms with Gasteiger partial charge in [-0.2, -0.15) is 0 Å². The second-order valence-corrected chi connectivity index (χ2v) is 12.8. The molecule has 0 aliphatic carbocycles. The topological polar surface area (TPSA) is 64.5 Å². The molecule has 0 spiro atoms. The van der Waals surface area contributed by atoms with Gasteiger partial charge < -0.3 is 0 Å². The van der Waals surface area contributed by atoms with Gasteiger partial charge >= 0.3 is 0 Å². The monoisotopic (exact) mass is 645 g/mol. The highest BCUT2D eigenvalue weighted by Gasteiger charge is 2.20. The SMILES string of the molecule is c1ccc(-c2cc(-c3ccccc3)nc(-c3cc(-c4nc(-c5ccccc5)nc(-c5ccccc5)n4)cc4sc5ccccc5c34)n2)cc1. The molecule has 6 aromatic carbocycles. The van der Waals surface area contributed by atoms with Gasteiger partial charge in [0.05, 0.1) is 11.4 Å². The molecule has 0 bridgehead atoms. The molecule has 0 amide bonds. The second-order valence-electron chi connectivity index (χ2n) is 11.7. The molecule has 0 aliphatic heterocycles. The molecular formula is C43H27N5S. The van der Waals surface area contributed by atoms with Crippen molar-refractivity contribution in [2.24, 2.45) is 0 Å². The van der Waals surface area contributed by atoms with Gasteiger partial charge in [-0.15, -0.1) is 11.3 Å². The lowest BCUT2D eigenvalue weighted by molar-refractivity contribution is 1.07. The van der Waals surface area contributed by atoms with Gasteiger partial charge in [0.2, 0.25) is 0 Å². The van der Waals surface area contributed by atoms with Crippen molar-refractivity contribution in [1.82, 2.24) is 24.9 Å². The van der Waals surface area contributed by atoms with E-state index in [1.807, 2.05) is 97.1 Å². The smallest absolute Gasteiger partial charge is 0.164 e. The maximum absolute atomic E-state index is 5.24. The van der Waals surface area contributed by atoms with Gasteiger partial charge in [0.25, 0.3) is 0 Å². The van der Waals surface area contributed by atoms with Crippen LogP contribution in [0.5, 0.6) is 0 Å². The van der Waals surface area contributed by atoms with Crippen molar-refractivity contribution in [2.45, 2.75) is 0 Å². The van der Waals surface area contributed by atoms with Crippen molar-refractivity contribution < 1.29 is 0 Å². The van der Waals surface area contributed by atoms with Crippen molar-refractivity contribution in [1.29, 1.82) is 0 Å². The molecule has 49 heavy (non-hydrogen) atoms. The maximum Gasteiger partial charge on any atom is 0.164 e. The Kier molecular flexibility index (Phi) is 7.26. The van der Waals surface area contributed by atoms with E-state index in [1.54, 1.807) is 11.3 Å². The molecule has 9 rings (SSSR count). The Bertz CT molecular complexity index is 2470. The molecule has 3 heterocycles. The maximum atomic E-state index is 5.24. The molecule has 0 fully saturated rings. The Balaban J connectivity index is 1.33.